The van der Waals surface area contributed by atoms with Crippen molar-refractivity contribution in [3.8, 4) is 6.07 Å². The quantitative estimate of drug-likeness (QED) is 0.697. The van der Waals surface area contributed by atoms with Crippen molar-refractivity contribution in [2.45, 2.75) is 20.3 Å². The maximum absolute atomic E-state index is 8.71. The third kappa shape index (κ3) is 2.12. The number of nitrogens with zero attached hydrogens (tertiary/aromatic N) is 2. The van der Waals surface area contributed by atoms with Crippen LogP contribution in [0.15, 0.2) is 24.3 Å². The summed E-state index contributed by atoms with van der Waals surface area (Å²) in [4.78, 5) is 2.39. The summed E-state index contributed by atoms with van der Waals surface area (Å²) in [6.07, 6.45) is 1.24. The van der Waals surface area contributed by atoms with Gasteiger partial charge in [-0.1, -0.05) is 13.8 Å². The molecule has 0 saturated carbocycles. The van der Waals surface area contributed by atoms with Gasteiger partial charge < -0.3 is 4.90 Å². The number of anilines is 1. The summed E-state index contributed by atoms with van der Waals surface area (Å²) in [5, 5.41) is 8.71. The topological polar surface area (TPSA) is 27.0 Å². The van der Waals surface area contributed by atoms with Crippen molar-refractivity contribution in [1.29, 1.82) is 5.26 Å². The number of hydrogen-bond acceptors (Lipinski definition) is 2. The molecule has 1 fully saturated rings. The van der Waals surface area contributed by atoms with E-state index in [1.165, 1.54) is 12.1 Å². The van der Waals surface area contributed by atoms with E-state index in [1.807, 2.05) is 24.3 Å². The second kappa shape index (κ2) is 3.58. The van der Waals surface area contributed by atoms with E-state index in [1.54, 1.807) is 0 Å². The molecular weight excluding hydrogens is 184 g/mol. The summed E-state index contributed by atoms with van der Waals surface area (Å²) >= 11 is 0. The molecule has 1 aliphatic rings. The molecular formula is C13H16N2. The Morgan fingerprint density at radius 3 is 2.40 bits per heavy atom. The van der Waals surface area contributed by atoms with E-state index in [-0.39, 0.29) is 0 Å². The van der Waals surface area contributed by atoms with Crippen molar-refractivity contribution in [3.05, 3.63) is 29.8 Å². The van der Waals surface area contributed by atoms with Gasteiger partial charge in [0.05, 0.1) is 11.6 Å². The predicted molar refractivity (Wildman–Crippen MR) is 61.8 cm³/mol. The largest absolute Gasteiger partial charge is 0.371 e. The zero-order chi connectivity index (χ0) is 10.9. The van der Waals surface area contributed by atoms with Crippen LogP contribution < -0.4 is 4.90 Å². The molecule has 78 valence electrons. The third-order valence-corrected chi connectivity index (χ3v) is 3.04. The smallest absolute Gasteiger partial charge is 0.0991 e. The highest BCUT2D eigenvalue weighted by atomic mass is 15.2. The summed E-state index contributed by atoms with van der Waals surface area (Å²) < 4.78 is 0. The van der Waals surface area contributed by atoms with E-state index in [9.17, 15) is 0 Å². The normalized spacial score (nSPS) is 18.9. The Hall–Kier alpha value is -1.49. The number of hydrogen-bond donors (Lipinski definition) is 0. The van der Waals surface area contributed by atoms with Crippen molar-refractivity contribution in [2.24, 2.45) is 5.41 Å². The second-order valence-electron chi connectivity index (χ2n) is 4.99. The van der Waals surface area contributed by atoms with Crippen LogP contribution in [0.3, 0.4) is 0 Å². The van der Waals surface area contributed by atoms with Crippen LogP contribution in [0.4, 0.5) is 5.69 Å². The van der Waals surface area contributed by atoms with E-state index in [0.29, 0.717) is 5.41 Å². The highest BCUT2D eigenvalue weighted by Crippen LogP contribution is 2.32. The van der Waals surface area contributed by atoms with Crippen molar-refractivity contribution in [1.82, 2.24) is 0 Å². The first-order valence-electron chi connectivity index (χ1n) is 5.36. The van der Waals surface area contributed by atoms with Gasteiger partial charge in [-0.2, -0.15) is 5.26 Å². The van der Waals surface area contributed by atoms with Gasteiger partial charge in [0.15, 0.2) is 0 Å². The van der Waals surface area contributed by atoms with E-state index in [4.69, 9.17) is 5.26 Å². The minimum Gasteiger partial charge on any atom is -0.371 e. The van der Waals surface area contributed by atoms with Crippen LogP contribution in [-0.2, 0) is 0 Å². The maximum Gasteiger partial charge on any atom is 0.0991 e. The number of rotatable bonds is 1. The first-order chi connectivity index (χ1) is 7.11. The molecule has 1 aromatic rings. The maximum atomic E-state index is 8.71. The van der Waals surface area contributed by atoms with Gasteiger partial charge in [0.1, 0.15) is 0 Å². The molecule has 1 aliphatic heterocycles. The Morgan fingerprint density at radius 1 is 1.27 bits per heavy atom. The Labute approximate surface area is 91.1 Å². The minimum atomic E-state index is 0.425. The summed E-state index contributed by atoms with van der Waals surface area (Å²) in [6.45, 7) is 6.84. The van der Waals surface area contributed by atoms with Crippen molar-refractivity contribution in [2.75, 3.05) is 18.0 Å². The molecule has 15 heavy (non-hydrogen) atoms. The van der Waals surface area contributed by atoms with Crippen molar-refractivity contribution >= 4 is 5.69 Å². The Morgan fingerprint density at radius 2 is 1.93 bits per heavy atom. The lowest BCUT2D eigenvalue weighted by molar-refractivity contribution is 0.418. The lowest BCUT2D eigenvalue weighted by Gasteiger charge is -2.21. The molecule has 0 aliphatic carbocycles. The lowest BCUT2D eigenvalue weighted by atomic mass is 9.93. The van der Waals surface area contributed by atoms with E-state index in [2.05, 4.69) is 24.8 Å². The Kier molecular flexibility index (Phi) is 2.40. The van der Waals surface area contributed by atoms with Gasteiger partial charge in [-0.05, 0) is 36.1 Å². The molecule has 0 spiro atoms. The molecule has 0 amide bonds. The summed E-state index contributed by atoms with van der Waals surface area (Å²) in [5.74, 6) is 0. The third-order valence-electron chi connectivity index (χ3n) is 3.04. The van der Waals surface area contributed by atoms with Gasteiger partial charge in [0.2, 0.25) is 0 Å². The molecule has 0 atom stereocenters. The highest BCUT2D eigenvalue weighted by molar-refractivity contribution is 5.50. The standard InChI is InChI=1S/C13H16N2/c1-13(2)7-8-15(10-13)12-5-3-11(9-14)4-6-12/h3-6H,7-8,10H2,1-2H3. The molecule has 2 heteroatoms. The SMILES string of the molecule is CC1(C)CCN(c2ccc(C#N)cc2)C1. The van der Waals surface area contributed by atoms with Gasteiger partial charge in [-0.25, -0.2) is 0 Å². The molecule has 0 N–H and O–H groups in total. The number of benzene rings is 1. The summed E-state index contributed by atoms with van der Waals surface area (Å²) in [6, 6.07) is 10.0. The fourth-order valence-electron chi connectivity index (χ4n) is 2.08. The molecule has 0 bridgehead atoms. The van der Waals surface area contributed by atoms with Gasteiger partial charge in [-0.3, -0.25) is 0 Å². The molecule has 0 unspecified atom stereocenters. The van der Waals surface area contributed by atoms with E-state index < -0.39 is 0 Å². The minimum absolute atomic E-state index is 0.425. The zero-order valence-electron chi connectivity index (χ0n) is 9.33. The van der Waals surface area contributed by atoms with Crippen LogP contribution in [0.1, 0.15) is 25.8 Å². The molecule has 2 rings (SSSR count). The lowest BCUT2D eigenvalue weighted by Crippen LogP contribution is -2.22. The van der Waals surface area contributed by atoms with Gasteiger partial charge >= 0.3 is 0 Å². The number of nitriles is 1. The average Bonchev–Trinajstić information content (AvgIpc) is 2.59. The molecule has 1 aromatic carbocycles. The summed E-state index contributed by atoms with van der Waals surface area (Å²) in [7, 11) is 0. The van der Waals surface area contributed by atoms with E-state index in [0.717, 1.165) is 18.7 Å². The summed E-state index contributed by atoms with van der Waals surface area (Å²) in [5.41, 5.74) is 2.39. The molecule has 0 aromatic heterocycles. The monoisotopic (exact) mass is 200 g/mol. The van der Waals surface area contributed by atoms with Crippen LogP contribution >= 0.6 is 0 Å². The van der Waals surface area contributed by atoms with Crippen LogP contribution in [0, 0.1) is 16.7 Å². The van der Waals surface area contributed by atoms with Crippen LogP contribution in [0.25, 0.3) is 0 Å². The fraction of sp³-hybridized carbons (Fsp3) is 0.462. The predicted octanol–water partition coefficient (Wildman–Crippen LogP) is 2.79. The molecule has 2 nitrogen and oxygen atoms in total. The molecule has 1 saturated heterocycles. The van der Waals surface area contributed by atoms with E-state index >= 15 is 0 Å². The fourth-order valence-corrected chi connectivity index (χ4v) is 2.08. The molecule has 0 radical (unpaired) electrons. The van der Waals surface area contributed by atoms with Gasteiger partial charge in [-0.15, -0.1) is 0 Å². The average molecular weight is 200 g/mol. The Bertz CT molecular complexity index is 384. The van der Waals surface area contributed by atoms with Crippen LogP contribution in [0.2, 0.25) is 0 Å². The van der Waals surface area contributed by atoms with Gasteiger partial charge in [0.25, 0.3) is 0 Å². The first-order valence-corrected chi connectivity index (χ1v) is 5.36. The zero-order valence-corrected chi connectivity index (χ0v) is 9.33. The molecule has 1 heterocycles. The van der Waals surface area contributed by atoms with Crippen LogP contribution in [-0.4, -0.2) is 13.1 Å². The van der Waals surface area contributed by atoms with Crippen LogP contribution in [0.5, 0.6) is 0 Å². The highest BCUT2D eigenvalue weighted by Gasteiger charge is 2.28. The van der Waals surface area contributed by atoms with Crippen molar-refractivity contribution < 1.29 is 0 Å². The Balaban J connectivity index is 2.15. The van der Waals surface area contributed by atoms with Gasteiger partial charge in [0, 0.05) is 18.8 Å². The van der Waals surface area contributed by atoms with Crippen molar-refractivity contribution in [3.63, 3.8) is 0 Å². The second-order valence-corrected chi connectivity index (χ2v) is 4.99. The first kappa shape index (κ1) is 10.0.